The molecule has 0 radical (unpaired) electrons. The van der Waals surface area contributed by atoms with E-state index < -0.39 is 29.2 Å². The number of ether oxygens (including phenoxy) is 4. The zero-order valence-corrected chi connectivity index (χ0v) is 44.4. The first kappa shape index (κ1) is 58.3. The number of nitrogens with two attached hydrogens (primary N) is 2. The standard InChI is InChI=1S/C63H82N2O10/c1-3-5-7-9-11-41-72-53-35-23-49(24-36-53)61(70)74-55-31-17-45(18-32-55)21-39-57(66)59(68)63(43-47-13-27-51(64)28-14-47,44-48-15-29-52(65)30-16-48)60(69)58(67)40-22-46-19-33-56(34-20-46)75-62(71)50-25-37-54(38-26-50)73-42-12-10-8-6-4-2/h13-22,27-34,39-40,49-50,53-54,59-60,68-69H,3-12,23-26,35-38,41-44,64-65H2,1-2H3/b39-21+,40-22+. The van der Waals surface area contributed by atoms with Crippen molar-refractivity contribution in [2.45, 2.75) is 167 Å². The van der Waals surface area contributed by atoms with Gasteiger partial charge >= 0.3 is 11.9 Å². The lowest BCUT2D eigenvalue weighted by Gasteiger charge is -2.40. The number of carbonyl (C=O) groups is 4. The Balaban J connectivity index is 1.09. The summed E-state index contributed by atoms with van der Waals surface area (Å²) >= 11 is 0. The summed E-state index contributed by atoms with van der Waals surface area (Å²) in [6, 6.07) is 27.2. The van der Waals surface area contributed by atoms with Crippen molar-refractivity contribution < 1.29 is 48.3 Å². The first-order chi connectivity index (χ1) is 36.3. The third kappa shape index (κ3) is 18.7. The van der Waals surface area contributed by atoms with Crippen LogP contribution >= 0.6 is 0 Å². The van der Waals surface area contributed by atoms with E-state index in [1.807, 2.05) is 0 Å². The minimum atomic E-state index is -1.88. The molecule has 2 fully saturated rings. The van der Waals surface area contributed by atoms with E-state index in [0.717, 1.165) is 51.7 Å². The van der Waals surface area contributed by atoms with Gasteiger partial charge in [-0.2, -0.15) is 0 Å². The Kier molecular flexibility index (Phi) is 23.8. The Morgan fingerprint density at radius 3 is 1.20 bits per heavy atom. The van der Waals surface area contributed by atoms with Crippen molar-refractivity contribution in [2.24, 2.45) is 17.3 Å². The van der Waals surface area contributed by atoms with Gasteiger partial charge in [-0.15, -0.1) is 0 Å². The second-order valence-electron chi connectivity index (χ2n) is 20.8. The summed E-state index contributed by atoms with van der Waals surface area (Å²) in [7, 11) is 0. The van der Waals surface area contributed by atoms with Gasteiger partial charge < -0.3 is 40.6 Å². The number of anilines is 2. The number of aliphatic hydroxyl groups is 2. The third-order valence-corrected chi connectivity index (χ3v) is 14.9. The van der Waals surface area contributed by atoms with Crippen LogP contribution in [0.2, 0.25) is 0 Å². The molecule has 2 aliphatic carbocycles. The molecule has 6 rings (SSSR count). The van der Waals surface area contributed by atoms with Gasteiger partial charge in [-0.3, -0.25) is 19.2 Å². The number of nitrogen functional groups attached to an aromatic ring is 2. The molecule has 0 saturated heterocycles. The highest BCUT2D eigenvalue weighted by molar-refractivity contribution is 6.01. The van der Waals surface area contributed by atoms with E-state index in [0.29, 0.717) is 70.8 Å². The molecule has 2 saturated carbocycles. The van der Waals surface area contributed by atoms with E-state index in [-0.39, 0.29) is 48.8 Å². The fraction of sp³-hybridized carbons (Fsp3) is 0.492. The molecule has 6 N–H and O–H groups in total. The second-order valence-corrected chi connectivity index (χ2v) is 20.8. The van der Waals surface area contributed by atoms with Crippen LogP contribution in [-0.4, -0.2) is 71.3 Å². The van der Waals surface area contributed by atoms with Gasteiger partial charge in [0.25, 0.3) is 0 Å². The minimum Gasteiger partial charge on any atom is -0.426 e. The van der Waals surface area contributed by atoms with Crippen molar-refractivity contribution in [2.75, 3.05) is 24.7 Å². The maximum absolute atomic E-state index is 14.2. The van der Waals surface area contributed by atoms with Crippen LogP contribution in [0.15, 0.2) is 109 Å². The molecule has 0 heterocycles. The normalized spacial score (nSPS) is 18.9. The molecule has 0 spiro atoms. The Hall–Kier alpha value is -5.92. The summed E-state index contributed by atoms with van der Waals surface area (Å²) in [6.07, 6.45) is 20.1. The molecule has 0 aromatic heterocycles. The van der Waals surface area contributed by atoms with E-state index in [4.69, 9.17) is 30.4 Å². The molecule has 4 aromatic carbocycles. The van der Waals surface area contributed by atoms with Gasteiger partial charge in [-0.1, -0.05) is 126 Å². The molecule has 4 aromatic rings. The first-order valence-electron chi connectivity index (χ1n) is 27.7. The maximum atomic E-state index is 14.2. The number of ketones is 2. The molecule has 12 nitrogen and oxygen atoms in total. The smallest absolute Gasteiger partial charge is 0.314 e. The first-order valence-corrected chi connectivity index (χ1v) is 27.7. The molecular formula is C63H82N2O10. The lowest BCUT2D eigenvalue weighted by Crippen LogP contribution is -2.54. The molecule has 2 unspecified atom stereocenters. The predicted molar refractivity (Wildman–Crippen MR) is 297 cm³/mol. The van der Waals surface area contributed by atoms with Crippen LogP contribution in [0.3, 0.4) is 0 Å². The van der Waals surface area contributed by atoms with Crippen LogP contribution in [0.25, 0.3) is 12.2 Å². The summed E-state index contributed by atoms with van der Waals surface area (Å²) in [5.74, 6) is -1.65. The number of carbonyl (C=O) groups excluding carboxylic acids is 4. The van der Waals surface area contributed by atoms with Crippen molar-refractivity contribution in [3.8, 4) is 11.5 Å². The van der Waals surface area contributed by atoms with Gasteiger partial charge in [0.2, 0.25) is 0 Å². The van der Waals surface area contributed by atoms with E-state index in [1.165, 1.54) is 75.7 Å². The SMILES string of the molecule is CCCCCCCOC1CCC(C(=O)Oc2ccc(/C=C/C(=O)C(O)C(Cc3ccc(N)cc3)(Cc3ccc(N)cc3)C(O)C(=O)/C=C/c3ccc(OC(=O)C4CCC(OCCCCCCC)CC4)cc3)cc2)CC1. The summed E-state index contributed by atoms with van der Waals surface area (Å²) < 4.78 is 23.7. The summed E-state index contributed by atoms with van der Waals surface area (Å²) in [5.41, 5.74) is 13.7. The lowest BCUT2D eigenvalue weighted by atomic mass is 9.66. The summed E-state index contributed by atoms with van der Waals surface area (Å²) in [6.45, 7) is 5.94. The maximum Gasteiger partial charge on any atom is 0.314 e. The monoisotopic (exact) mass is 1030 g/mol. The Bertz CT molecular complexity index is 2250. The predicted octanol–water partition coefficient (Wildman–Crippen LogP) is 11.8. The van der Waals surface area contributed by atoms with E-state index in [1.54, 1.807) is 97.1 Å². The van der Waals surface area contributed by atoms with Crippen LogP contribution in [0.5, 0.6) is 11.5 Å². The topological polar surface area (TPSA) is 198 Å². The zero-order valence-electron chi connectivity index (χ0n) is 44.4. The van der Waals surface area contributed by atoms with Gasteiger partial charge in [0.05, 0.1) is 24.0 Å². The third-order valence-electron chi connectivity index (χ3n) is 14.9. The number of hydrogen-bond donors (Lipinski definition) is 4. The van der Waals surface area contributed by atoms with Crippen LogP contribution in [0.1, 0.15) is 152 Å². The number of aliphatic hydroxyl groups excluding tert-OH is 2. The zero-order chi connectivity index (χ0) is 53.4. The van der Waals surface area contributed by atoms with Crippen molar-refractivity contribution in [3.63, 3.8) is 0 Å². The fourth-order valence-electron chi connectivity index (χ4n) is 10.3. The van der Waals surface area contributed by atoms with Gasteiger partial charge in [-0.05, 0) is 160 Å². The molecule has 75 heavy (non-hydrogen) atoms. The molecule has 2 aliphatic rings. The number of unbranched alkanes of at least 4 members (excludes halogenated alkanes) is 8. The van der Waals surface area contributed by atoms with E-state index in [9.17, 15) is 29.4 Å². The van der Waals surface area contributed by atoms with Gasteiger partial charge in [0.15, 0.2) is 11.6 Å². The van der Waals surface area contributed by atoms with Crippen molar-refractivity contribution >= 4 is 47.0 Å². The number of esters is 2. The minimum absolute atomic E-state index is 0.0825. The average Bonchev–Trinajstić information content (AvgIpc) is 3.43. The van der Waals surface area contributed by atoms with Crippen molar-refractivity contribution in [1.82, 2.24) is 0 Å². The molecular weight excluding hydrogens is 945 g/mol. The van der Waals surface area contributed by atoms with Gasteiger partial charge in [-0.25, -0.2) is 0 Å². The quantitative estimate of drug-likeness (QED) is 0.0127. The highest BCUT2D eigenvalue weighted by atomic mass is 16.5. The average molecular weight is 1030 g/mol. The number of benzene rings is 4. The van der Waals surface area contributed by atoms with E-state index in [2.05, 4.69) is 13.8 Å². The largest absolute Gasteiger partial charge is 0.426 e. The van der Waals surface area contributed by atoms with Crippen LogP contribution in [0.4, 0.5) is 11.4 Å². The number of rotatable bonds is 30. The van der Waals surface area contributed by atoms with Crippen molar-refractivity contribution in [3.05, 3.63) is 131 Å². The van der Waals surface area contributed by atoms with Crippen molar-refractivity contribution in [1.29, 1.82) is 0 Å². The summed E-state index contributed by atoms with van der Waals surface area (Å²) in [4.78, 5) is 54.7. The van der Waals surface area contributed by atoms with Crippen LogP contribution in [0, 0.1) is 17.3 Å². The Morgan fingerprint density at radius 2 is 0.853 bits per heavy atom. The Morgan fingerprint density at radius 1 is 0.507 bits per heavy atom. The number of hydrogen-bond acceptors (Lipinski definition) is 12. The molecule has 0 amide bonds. The second kappa shape index (κ2) is 30.6. The lowest BCUT2D eigenvalue weighted by molar-refractivity contribution is -0.146. The molecule has 2 atom stereocenters. The Labute approximate surface area is 445 Å². The molecule has 0 bridgehead atoms. The van der Waals surface area contributed by atoms with E-state index >= 15 is 0 Å². The van der Waals surface area contributed by atoms with Gasteiger partial charge in [0, 0.05) is 30.0 Å². The van der Waals surface area contributed by atoms with Crippen LogP contribution < -0.4 is 20.9 Å². The van der Waals surface area contributed by atoms with Crippen LogP contribution in [-0.2, 0) is 41.5 Å². The molecule has 0 aliphatic heterocycles. The van der Waals surface area contributed by atoms with Gasteiger partial charge in [0.1, 0.15) is 23.7 Å². The molecule has 12 heteroatoms. The highest BCUT2D eigenvalue weighted by Crippen LogP contribution is 2.39. The fourth-order valence-corrected chi connectivity index (χ4v) is 10.3. The molecule has 404 valence electrons. The summed E-state index contributed by atoms with van der Waals surface area (Å²) in [5, 5.41) is 24.6. The highest BCUT2D eigenvalue weighted by Gasteiger charge is 2.49.